The van der Waals surface area contributed by atoms with Gasteiger partial charge in [-0.05, 0) is 24.1 Å². The number of nitrogens with zero attached hydrogens (tertiary/aromatic N) is 1. The molecule has 2 fully saturated rings. The van der Waals surface area contributed by atoms with Crippen LogP contribution in [0, 0.1) is 11.8 Å². The SMILES string of the molecule is Clc1ccc(CCN2CC3COCC3C2)cc1. The van der Waals surface area contributed by atoms with E-state index in [1.807, 2.05) is 12.1 Å². The van der Waals surface area contributed by atoms with Gasteiger partial charge < -0.3 is 9.64 Å². The number of likely N-dealkylation sites (tertiary alicyclic amines) is 1. The minimum Gasteiger partial charge on any atom is -0.381 e. The third-order valence-corrected chi connectivity index (χ3v) is 4.20. The van der Waals surface area contributed by atoms with Gasteiger partial charge in [0.15, 0.2) is 0 Å². The fourth-order valence-corrected chi connectivity index (χ4v) is 3.03. The molecule has 2 aliphatic heterocycles. The predicted octanol–water partition coefficient (Wildman–Crippen LogP) is 2.46. The Morgan fingerprint density at radius 1 is 1.12 bits per heavy atom. The first-order valence-corrected chi connectivity index (χ1v) is 6.73. The van der Waals surface area contributed by atoms with Gasteiger partial charge in [-0.15, -0.1) is 0 Å². The van der Waals surface area contributed by atoms with E-state index in [1.165, 1.54) is 18.7 Å². The quantitative estimate of drug-likeness (QED) is 0.818. The molecule has 2 saturated heterocycles. The number of halogens is 1. The first kappa shape index (κ1) is 11.5. The average Bonchev–Trinajstić information content (AvgIpc) is 2.88. The fourth-order valence-electron chi connectivity index (χ4n) is 2.91. The minimum atomic E-state index is 0.792. The van der Waals surface area contributed by atoms with E-state index in [0.29, 0.717) is 0 Å². The number of benzene rings is 1. The molecule has 0 radical (unpaired) electrons. The molecule has 2 atom stereocenters. The Kier molecular flexibility index (Phi) is 3.37. The molecule has 92 valence electrons. The molecule has 0 amide bonds. The fraction of sp³-hybridized carbons (Fsp3) is 0.571. The highest BCUT2D eigenvalue weighted by Gasteiger charge is 2.36. The second-order valence-electron chi connectivity index (χ2n) is 5.19. The summed E-state index contributed by atoms with van der Waals surface area (Å²) in [6.07, 6.45) is 1.12. The predicted molar refractivity (Wildman–Crippen MR) is 69.4 cm³/mol. The number of hydrogen-bond donors (Lipinski definition) is 0. The minimum absolute atomic E-state index is 0.792. The van der Waals surface area contributed by atoms with Crippen molar-refractivity contribution in [3.63, 3.8) is 0 Å². The molecule has 2 aliphatic rings. The molecule has 0 aliphatic carbocycles. The van der Waals surface area contributed by atoms with Crippen molar-refractivity contribution in [1.82, 2.24) is 4.90 Å². The lowest BCUT2D eigenvalue weighted by Crippen LogP contribution is -2.25. The summed E-state index contributed by atoms with van der Waals surface area (Å²) in [4.78, 5) is 2.58. The van der Waals surface area contributed by atoms with Gasteiger partial charge in [-0.2, -0.15) is 0 Å². The highest BCUT2D eigenvalue weighted by molar-refractivity contribution is 6.30. The Labute approximate surface area is 108 Å². The summed E-state index contributed by atoms with van der Waals surface area (Å²) >= 11 is 5.88. The van der Waals surface area contributed by atoms with E-state index < -0.39 is 0 Å². The van der Waals surface area contributed by atoms with Crippen LogP contribution in [0.15, 0.2) is 24.3 Å². The second kappa shape index (κ2) is 4.97. The topological polar surface area (TPSA) is 12.5 Å². The van der Waals surface area contributed by atoms with Crippen molar-refractivity contribution in [2.75, 3.05) is 32.8 Å². The molecule has 17 heavy (non-hydrogen) atoms. The van der Waals surface area contributed by atoms with Gasteiger partial charge in [-0.3, -0.25) is 0 Å². The number of ether oxygens (including phenoxy) is 1. The van der Waals surface area contributed by atoms with E-state index in [9.17, 15) is 0 Å². The molecule has 0 bridgehead atoms. The zero-order valence-corrected chi connectivity index (χ0v) is 10.7. The molecule has 0 aromatic heterocycles. The lowest BCUT2D eigenvalue weighted by atomic mass is 10.0. The lowest BCUT2D eigenvalue weighted by Gasteiger charge is -2.16. The summed E-state index contributed by atoms with van der Waals surface area (Å²) in [5.74, 6) is 1.58. The third kappa shape index (κ3) is 2.65. The summed E-state index contributed by atoms with van der Waals surface area (Å²) < 4.78 is 5.49. The van der Waals surface area contributed by atoms with E-state index in [0.717, 1.165) is 43.0 Å². The van der Waals surface area contributed by atoms with Gasteiger partial charge in [0.05, 0.1) is 13.2 Å². The van der Waals surface area contributed by atoms with Crippen molar-refractivity contribution in [3.05, 3.63) is 34.9 Å². The molecule has 0 saturated carbocycles. The summed E-state index contributed by atoms with van der Waals surface area (Å²) in [5.41, 5.74) is 1.38. The van der Waals surface area contributed by atoms with Crippen LogP contribution in [-0.4, -0.2) is 37.7 Å². The van der Waals surface area contributed by atoms with E-state index in [1.54, 1.807) is 0 Å². The zero-order chi connectivity index (χ0) is 11.7. The highest BCUT2D eigenvalue weighted by atomic mass is 35.5. The van der Waals surface area contributed by atoms with Crippen molar-refractivity contribution >= 4 is 11.6 Å². The maximum absolute atomic E-state index is 5.88. The van der Waals surface area contributed by atoms with Crippen LogP contribution in [0.1, 0.15) is 5.56 Å². The largest absolute Gasteiger partial charge is 0.381 e. The molecule has 0 N–H and O–H groups in total. The first-order valence-electron chi connectivity index (χ1n) is 6.36. The first-order chi connectivity index (χ1) is 8.31. The van der Waals surface area contributed by atoms with Crippen molar-refractivity contribution in [1.29, 1.82) is 0 Å². The molecular formula is C14H18ClNO. The maximum Gasteiger partial charge on any atom is 0.0510 e. The zero-order valence-electron chi connectivity index (χ0n) is 9.94. The van der Waals surface area contributed by atoms with E-state index >= 15 is 0 Å². The molecule has 2 heterocycles. The van der Waals surface area contributed by atoms with Crippen LogP contribution < -0.4 is 0 Å². The normalized spacial score (nSPS) is 28.5. The van der Waals surface area contributed by atoms with Crippen LogP contribution in [0.3, 0.4) is 0 Å². The third-order valence-electron chi connectivity index (χ3n) is 3.95. The van der Waals surface area contributed by atoms with E-state index in [-0.39, 0.29) is 0 Å². The van der Waals surface area contributed by atoms with Crippen molar-refractivity contribution in [2.24, 2.45) is 11.8 Å². The van der Waals surface area contributed by atoms with Crippen LogP contribution in [-0.2, 0) is 11.2 Å². The monoisotopic (exact) mass is 251 g/mol. The van der Waals surface area contributed by atoms with Gasteiger partial charge in [0.1, 0.15) is 0 Å². The Morgan fingerprint density at radius 2 is 1.76 bits per heavy atom. The molecule has 0 spiro atoms. The molecule has 3 rings (SSSR count). The molecule has 3 heteroatoms. The molecule has 1 aromatic carbocycles. The molecule has 2 unspecified atom stereocenters. The lowest BCUT2D eigenvalue weighted by molar-refractivity contribution is 0.155. The van der Waals surface area contributed by atoms with Crippen molar-refractivity contribution in [3.8, 4) is 0 Å². The Bertz CT molecular complexity index is 366. The summed E-state index contributed by atoms with van der Waals surface area (Å²) in [5, 5.41) is 0.821. The molecule has 1 aromatic rings. The van der Waals surface area contributed by atoms with Crippen molar-refractivity contribution in [2.45, 2.75) is 6.42 Å². The smallest absolute Gasteiger partial charge is 0.0510 e. The number of hydrogen-bond acceptors (Lipinski definition) is 2. The highest BCUT2D eigenvalue weighted by Crippen LogP contribution is 2.29. The van der Waals surface area contributed by atoms with Crippen LogP contribution >= 0.6 is 11.6 Å². The maximum atomic E-state index is 5.88. The molecular weight excluding hydrogens is 234 g/mol. The van der Waals surface area contributed by atoms with Gasteiger partial charge in [-0.1, -0.05) is 23.7 Å². The standard InChI is InChI=1S/C14H18ClNO/c15-14-3-1-11(2-4-14)5-6-16-7-12-9-17-10-13(12)8-16/h1-4,12-13H,5-10H2. The Balaban J connectivity index is 1.50. The van der Waals surface area contributed by atoms with Gasteiger partial charge >= 0.3 is 0 Å². The van der Waals surface area contributed by atoms with Crippen LogP contribution in [0.5, 0.6) is 0 Å². The average molecular weight is 252 g/mol. The summed E-state index contributed by atoms with van der Waals surface area (Å²) in [6.45, 7) is 5.55. The van der Waals surface area contributed by atoms with Crippen molar-refractivity contribution < 1.29 is 4.74 Å². The van der Waals surface area contributed by atoms with Gasteiger partial charge in [0.2, 0.25) is 0 Å². The van der Waals surface area contributed by atoms with Crippen LogP contribution in [0.4, 0.5) is 0 Å². The molecule has 2 nitrogen and oxygen atoms in total. The van der Waals surface area contributed by atoms with Gasteiger partial charge in [0.25, 0.3) is 0 Å². The van der Waals surface area contributed by atoms with E-state index in [2.05, 4.69) is 17.0 Å². The number of rotatable bonds is 3. The second-order valence-corrected chi connectivity index (χ2v) is 5.63. The van der Waals surface area contributed by atoms with Crippen LogP contribution in [0.25, 0.3) is 0 Å². The Morgan fingerprint density at radius 3 is 2.41 bits per heavy atom. The van der Waals surface area contributed by atoms with E-state index in [4.69, 9.17) is 16.3 Å². The summed E-state index contributed by atoms with van der Waals surface area (Å²) in [6, 6.07) is 8.21. The number of fused-ring (bicyclic) bond motifs is 1. The van der Waals surface area contributed by atoms with Crippen LogP contribution in [0.2, 0.25) is 5.02 Å². The summed E-state index contributed by atoms with van der Waals surface area (Å²) in [7, 11) is 0. The van der Waals surface area contributed by atoms with Gasteiger partial charge in [0, 0.05) is 36.5 Å². The van der Waals surface area contributed by atoms with Gasteiger partial charge in [-0.25, -0.2) is 0 Å². The Hall–Kier alpha value is -0.570.